The number of hydrogen-bond acceptors (Lipinski definition) is 3. The smallest absolute Gasteiger partial charge is 0.257 e. The number of aromatic amines is 1. The maximum atomic E-state index is 13.6. The highest BCUT2D eigenvalue weighted by atomic mass is 32.2. The van der Waals surface area contributed by atoms with Gasteiger partial charge in [0.05, 0.1) is 5.56 Å². The summed E-state index contributed by atoms with van der Waals surface area (Å²) in [6.07, 6.45) is 4.62. The van der Waals surface area contributed by atoms with Crippen molar-refractivity contribution < 1.29 is 13.2 Å². The molecule has 30 heavy (non-hydrogen) atoms. The minimum absolute atomic E-state index is 0.160. The fourth-order valence-electron chi connectivity index (χ4n) is 4.85. The minimum Gasteiger partial charge on any atom is -0.361 e. The van der Waals surface area contributed by atoms with Crippen LogP contribution in [0.1, 0.15) is 53.0 Å². The molecule has 6 nitrogen and oxygen atoms in total. The van der Waals surface area contributed by atoms with E-state index < -0.39 is 10.0 Å². The zero-order chi connectivity index (χ0) is 21.3. The highest BCUT2D eigenvalue weighted by molar-refractivity contribution is 7.89. The summed E-state index contributed by atoms with van der Waals surface area (Å²) in [7, 11) is -3.72. The van der Waals surface area contributed by atoms with Crippen molar-refractivity contribution in [3.05, 3.63) is 52.8 Å². The van der Waals surface area contributed by atoms with Gasteiger partial charge in [0, 0.05) is 37.6 Å². The number of H-pyrrole nitrogens is 1. The van der Waals surface area contributed by atoms with Gasteiger partial charge in [0.1, 0.15) is 4.90 Å². The molecule has 0 unspecified atom stereocenters. The van der Waals surface area contributed by atoms with Gasteiger partial charge in [-0.2, -0.15) is 4.31 Å². The van der Waals surface area contributed by atoms with E-state index >= 15 is 0 Å². The predicted octanol–water partition coefficient (Wildman–Crippen LogP) is 3.51. The Balaban J connectivity index is 1.52. The largest absolute Gasteiger partial charge is 0.361 e. The fraction of sp³-hybridized carbons (Fsp3) is 0.522. The lowest BCUT2D eigenvalue weighted by Crippen LogP contribution is -2.40. The molecule has 1 N–H and O–H groups in total. The zero-order valence-corrected chi connectivity index (χ0v) is 18.7. The third-order valence-electron chi connectivity index (χ3n) is 6.46. The summed E-state index contributed by atoms with van der Waals surface area (Å²) in [6.45, 7) is 5.95. The summed E-state index contributed by atoms with van der Waals surface area (Å²) in [5.74, 6) is 0.325. The van der Waals surface area contributed by atoms with Crippen molar-refractivity contribution in [1.82, 2.24) is 14.2 Å². The van der Waals surface area contributed by atoms with E-state index in [0.29, 0.717) is 49.0 Å². The Labute approximate surface area is 179 Å². The number of carbonyl (C=O) groups excluding carboxylic acids is 1. The predicted molar refractivity (Wildman–Crippen MR) is 117 cm³/mol. The lowest BCUT2D eigenvalue weighted by Gasteiger charge is -2.31. The molecule has 4 rings (SSSR count). The standard InChI is InChI=1S/C23H31N3O3S/c1-17-21(23(27)25-12-6-7-13-25)22(18(2)24-17)30(28,29)26-14-10-20(11-15-26)16-19-8-4-3-5-9-19/h3-5,8-9,20,24H,6-7,10-16H2,1-2H3. The summed E-state index contributed by atoms with van der Waals surface area (Å²) in [6, 6.07) is 10.4. The first-order chi connectivity index (χ1) is 14.4. The number of likely N-dealkylation sites (tertiary alicyclic amines) is 1. The van der Waals surface area contributed by atoms with Crippen LogP contribution in [0.4, 0.5) is 0 Å². The Morgan fingerprint density at radius 1 is 1.00 bits per heavy atom. The molecule has 3 heterocycles. The normalized spacial score (nSPS) is 18.8. The van der Waals surface area contributed by atoms with E-state index in [9.17, 15) is 13.2 Å². The van der Waals surface area contributed by atoms with Crippen LogP contribution in [-0.2, 0) is 16.4 Å². The second kappa shape index (κ2) is 8.55. The maximum absolute atomic E-state index is 13.6. The van der Waals surface area contributed by atoms with Crippen molar-refractivity contribution in [2.24, 2.45) is 5.92 Å². The number of amides is 1. The monoisotopic (exact) mass is 429 g/mol. The van der Waals surface area contributed by atoms with E-state index in [0.717, 1.165) is 32.1 Å². The number of aryl methyl sites for hydroxylation is 2. The molecular formula is C23H31N3O3S. The van der Waals surface area contributed by atoms with Crippen LogP contribution in [0.5, 0.6) is 0 Å². The summed E-state index contributed by atoms with van der Waals surface area (Å²) in [5, 5.41) is 0. The molecule has 2 aliphatic heterocycles. The van der Waals surface area contributed by atoms with Gasteiger partial charge in [-0.1, -0.05) is 30.3 Å². The first-order valence-electron chi connectivity index (χ1n) is 10.9. The molecule has 0 aliphatic carbocycles. The van der Waals surface area contributed by atoms with Crippen molar-refractivity contribution in [2.45, 2.75) is 50.8 Å². The van der Waals surface area contributed by atoms with Gasteiger partial charge in [0.25, 0.3) is 5.91 Å². The number of carbonyl (C=O) groups is 1. The van der Waals surface area contributed by atoms with Crippen LogP contribution in [-0.4, -0.2) is 54.7 Å². The third-order valence-corrected chi connectivity index (χ3v) is 8.53. The number of benzene rings is 1. The average Bonchev–Trinajstić information content (AvgIpc) is 3.36. The van der Waals surface area contributed by atoms with Crippen molar-refractivity contribution in [3.8, 4) is 0 Å². The Morgan fingerprint density at radius 3 is 2.27 bits per heavy atom. The zero-order valence-electron chi connectivity index (χ0n) is 17.9. The highest BCUT2D eigenvalue weighted by Gasteiger charge is 2.37. The molecule has 2 aliphatic rings. The lowest BCUT2D eigenvalue weighted by atomic mass is 9.91. The average molecular weight is 430 g/mol. The van der Waals surface area contributed by atoms with E-state index in [2.05, 4.69) is 17.1 Å². The Morgan fingerprint density at radius 2 is 1.63 bits per heavy atom. The first-order valence-corrected chi connectivity index (χ1v) is 12.3. The first kappa shape index (κ1) is 21.1. The molecule has 0 saturated carbocycles. The van der Waals surface area contributed by atoms with Crippen LogP contribution < -0.4 is 0 Å². The van der Waals surface area contributed by atoms with Crippen LogP contribution in [0, 0.1) is 19.8 Å². The molecule has 2 fully saturated rings. The molecule has 0 radical (unpaired) electrons. The van der Waals surface area contributed by atoms with Crippen molar-refractivity contribution in [2.75, 3.05) is 26.2 Å². The van der Waals surface area contributed by atoms with Crippen LogP contribution >= 0.6 is 0 Å². The number of sulfonamides is 1. The Kier molecular flexibility index (Phi) is 6.02. The Bertz CT molecular complexity index is 1000. The summed E-state index contributed by atoms with van der Waals surface area (Å²) in [4.78, 5) is 18.2. The molecular weight excluding hydrogens is 398 g/mol. The molecule has 0 bridgehead atoms. The second-order valence-corrected chi connectivity index (χ2v) is 10.5. The molecule has 1 amide bonds. The quantitative estimate of drug-likeness (QED) is 0.790. The highest BCUT2D eigenvalue weighted by Crippen LogP contribution is 2.32. The molecule has 1 aromatic heterocycles. The van der Waals surface area contributed by atoms with Gasteiger partial charge in [-0.15, -0.1) is 0 Å². The number of aromatic nitrogens is 1. The van der Waals surface area contributed by atoms with E-state index in [1.54, 1.807) is 23.1 Å². The minimum atomic E-state index is -3.72. The topological polar surface area (TPSA) is 73.5 Å². The maximum Gasteiger partial charge on any atom is 0.257 e. The number of piperidine rings is 1. The number of hydrogen-bond donors (Lipinski definition) is 1. The van der Waals surface area contributed by atoms with Crippen molar-refractivity contribution >= 4 is 15.9 Å². The Hall–Kier alpha value is -2.12. The van der Waals surface area contributed by atoms with E-state index in [1.807, 2.05) is 18.2 Å². The van der Waals surface area contributed by atoms with Crippen LogP contribution in [0.15, 0.2) is 35.2 Å². The number of rotatable bonds is 5. The SMILES string of the molecule is Cc1[nH]c(C)c(S(=O)(=O)N2CCC(Cc3ccccc3)CC2)c1C(=O)N1CCCC1. The van der Waals surface area contributed by atoms with Crippen molar-refractivity contribution in [3.63, 3.8) is 0 Å². The third kappa shape index (κ3) is 4.05. The summed E-state index contributed by atoms with van der Waals surface area (Å²) < 4.78 is 28.7. The van der Waals surface area contributed by atoms with E-state index in [1.165, 1.54) is 5.56 Å². The summed E-state index contributed by atoms with van der Waals surface area (Å²) >= 11 is 0. The van der Waals surface area contributed by atoms with Gasteiger partial charge in [-0.25, -0.2) is 8.42 Å². The summed E-state index contributed by atoms with van der Waals surface area (Å²) in [5.41, 5.74) is 2.83. The number of nitrogens with zero attached hydrogens (tertiary/aromatic N) is 2. The van der Waals surface area contributed by atoms with Crippen LogP contribution in [0.2, 0.25) is 0 Å². The molecule has 0 atom stereocenters. The van der Waals surface area contributed by atoms with Crippen molar-refractivity contribution in [1.29, 1.82) is 0 Å². The lowest BCUT2D eigenvalue weighted by molar-refractivity contribution is 0.0788. The van der Waals surface area contributed by atoms with Gasteiger partial charge in [0.15, 0.2) is 0 Å². The van der Waals surface area contributed by atoms with Crippen LogP contribution in [0.3, 0.4) is 0 Å². The molecule has 162 valence electrons. The fourth-order valence-corrected chi connectivity index (χ4v) is 6.73. The van der Waals surface area contributed by atoms with Gasteiger partial charge >= 0.3 is 0 Å². The molecule has 7 heteroatoms. The molecule has 2 aromatic rings. The molecule has 0 spiro atoms. The van der Waals surface area contributed by atoms with E-state index in [-0.39, 0.29) is 10.8 Å². The molecule has 1 aromatic carbocycles. The van der Waals surface area contributed by atoms with Gasteiger partial charge in [0.2, 0.25) is 10.0 Å². The van der Waals surface area contributed by atoms with Gasteiger partial charge < -0.3 is 9.88 Å². The number of nitrogens with one attached hydrogen (secondary N) is 1. The molecule has 2 saturated heterocycles. The van der Waals surface area contributed by atoms with Crippen LogP contribution in [0.25, 0.3) is 0 Å². The van der Waals surface area contributed by atoms with Gasteiger partial charge in [-0.05, 0) is 57.4 Å². The second-order valence-electron chi connectivity index (χ2n) is 8.62. The van der Waals surface area contributed by atoms with E-state index in [4.69, 9.17) is 0 Å². The van der Waals surface area contributed by atoms with Gasteiger partial charge in [-0.3, -0.25) is 4.79 Å².